The van der Waals surface area contributed by atoms with Gasteiger partial charge in [0, 0.05) is 24.5 Å². The van der Waals surface area contributed by atoms with Crippen molar-refractivity contribution in [3.63, 3.8) is 0 Å². The Kier molecular flexibility index (Phi) is 8.02. The maximum absolute atomic E-state index is 5.76. The molecule has 0 radical (unpaired) electrons. The summed E-state index contributed by atoms with van der Waals surface area (Å²) >= 11 is 0. The van der Waals surface area contributed by atoms with Crippen LogP contribution in [0.5, 0.6) is 5.75 Å². The Hall–Kier alpha value is -2.16. The molecule has 0 aliphatic carbocycles. The lowest BCUT2D eigenvalue weighted by molar-refractivity contribution is 0.305. The normalized spacial score (nSPS) is 10.4. The smallest absolute Gasteiger partial charge is 0.119 e. The topological polar surface area (TPSA) is 33.3 Å². The Morgan fingerprint density at radius 1 is 0.833 bits per heavy atom. The Bertz CT molecular complexity index is 581. The predicted octanol–water partition coefficient (Wildman–Crippen LogP) is 5.48. The maximum atomic E-state index is 5.76. The second-order valence-electron chi connectivity index (χ2n) is 6.16. The highest BCUT2D eigenvalue weighted by atomic mass is 16.5. The first-order chi connectivity index (χ1) is 11.8. The molecule has 130 valence electrons. The van der Waals surface area contributed by atoms with Gasteiger partial charge in [-0.1, -0.05) is 38.3 Å². The molecule has 0 heterocycles. The van der Waals surface area contributed by atoms with E-state index in [1.807, 2.05) is 12.1 Å². The van der Waals surface area contributed by atoms with Crippen LogP contribution in [0.2, 0.25) is 0 Å². The van der Waals surface area contributed by atoms with Crippen LogP contribution in [-0.2, 0) is 0 Å². The van der Waals surface area contributed by atoms with E-state index in [4.69, 9.17) is 4.74 Å². The molecule has 3 heteroatoms. The van der Waals surface area contributed by atoms with Crippen LogP contribution in [0.3, 0.4) is 0 Å². The van der Waals surface area contributed by atoms with Crippen molar-refractivity contribution < 1.29 is 4.74 Å². The highest BCUT2D eigenvalue weighted by molar-refractivity contribution is 5.48. The van der Waals surface area contributed by atoms with Gasteiger partial charge in [0.1, 0.15) is 5.75 Å². The minimum absolute atomic E-state index is 0.813. The predicted molar refractivity (Wildman–Crippen MR) is 104 cm³/mol. The van der Waals surface area contributed by atoms with Crippen molar-refractivity contribution in [1.82, 2.24) is 0 Å². The SMILES string of the molecule is CCCCCCOc1ccc(NCCNc2cccc(C)c2)cc1. The summed E-state index contributed by atoms with van der Waals surface area (Å²) in [5.74, 6) is 0.954. The summed E-state index contributed by atoms with van der Waals surface area (Å²) in [6.45, 7) is 6.91. The summed E-state index contributed by atoms with van der Waals surface area (Å²) in [7, 11) is 0. The van der Waals surface area contributed by atoms with Gasteiger partial charge in [-0.15, -0.1) is 0 Å². The molecule has 0 spiro atoms. The zero-order valence-electron chi connectivity index (χ0n) is 15.0. The van der Waals surface area contributed by atoms with Gasteiger partial charge in [0.15, 0.2) is 0 Å². The molecule has 2 aromatic carbocycles. The van der Waals surface area contributed by atoms with E-state index in [9.17, 15) is 0 Å². The van der Waals surface area contributed by atoms with E-state index in [2.05, 4.69) is 60.9 Å². The van der Waals surface area contributed by atoms with Crippen molar-refractivity contribution in [3.05, 3.63) is 54.1 Å². The van der Waals surface area contributed by atoms with E-state index in [0.717, 1.165) is 37.6 Å². The van der Waals surface area contributed by atoms with E-state index in [0.29, 0.717) is 0 Å². The van der Waals surface area contributed by atoms with Gasteiger partial charge in [0.25, 0.3) is 0 Å². The van der Waals surface area contributed by atoms with E-state index < -0.39 is 0 Å². The number of ether oxygens (including phenoxy) is 1. The molecule has 24 heavy (non-hydrogen) atoms. The van der Waals surface area contributed by atoms with E-state index in [1.165, 1.54) is 30.5 Å². The fourth-order valence-corrected chi connectivity index (χ4v) is 2.56. The van der Waals surface area contributed by atoms with Crippen LogP contribution in [0.1, 0.15) is 38.2 Å². The third-order valence-corrected chi connectivity index (χ3v) is 3.92. The van der Waals surface area contributed by atoms with Crippen LogP contribution in [-0.4, -0.2) is 19.7 Å². The number of hydrogen-bond donors (Lipinski definition) is 2. The maximum Gasteiger partial charge on any atom is 0.119 e. The Labute approximate surface area is 146 Å². The molecule has 0 unspecified atom stereocenters. The Morgan fingerprint density at radius 3 is 2.29 bits per heavy atom. The lowest BCUT2D eigenvalue weighted by Crippen LogP contribution is -2.13. The number of anilines is 2. The molecular weight excluding hydrogens is 296 g/mol. The molecule has 2 N–H and O–H groups in total. The quantitative estimate of drug-likeness (QED) is 0.537. The van der Waals surface area contributed by atoms with Crippen molar-refractivity contribution in [2.45, 2.75) is 39.5 Å². The highest BCUT2D eigenvalue weighted by Crippen LogP contribution is 2.16. The van der Waals surface area contributed by atoms with Crippen LogP contribution >= 0.6 is 0 Å². The largest absolute Gasteiger partial charge is 0.494 e. The fourth-order valence-electron chi connectivity index (χ4n) is 2.56. The monoisotopic (exact) mass is 326 g/mol. The van der Waals surface area contributed by atoms with Gasteiger partial charge in [0.05, 0.1) is 6.61 Å². The molecule has 0 aliphatic rings. The highest BCUT2D eigenvalue weighted by Gasteiger charge is 1.96. The van der Waals surface area contributed by atoms with Crippen molar-refractivity contribution in [3.8, 4) is 5.75 Å². The molecular formula is C21H30N2O. The van der Waals surface area contributed by atoms with E-state index in [-0.39, 0.29) is 0 Å². The zero-order valence-corrected chi connectivity index (χ0v) is 15.0. The summed E-state index contributed by atoms with van der Waals surface area (Å²) in [4.78, 5) is 0. The number of unbranched alkanes of at least 4 members (excludes halogenated alkanes) is 3. The average Bonchev–Trinajstić information content (AvgIpc) is 2.60. The first-order valence-corrected chi connectivity index (χ1v) is 9.05. The summed E-state index contributed by atoms with van der Waals surface area (Å²) in [6.07, 6.45) is 4.95. The van der Waals surface area contributed by atoms with Crippen LogP contribution < -0.4 is 15.4 Å². The molecule has 0 amide bonds. The van der Waals surface area contributed by atoms with Gasteiger partial charge in [-0.2, -0.15) is 0 Å². The summed E-state index contributed by atoms with van der Waals surface area (Å²) < 4.78 is 5.76. The van der Waals surface area contributed by atoms with Crippen molar-refractivity contribution in [1.29, 1.82) is 0 Å². The molecule has 2 rings (SSSR count). The summed E-state index contributed by atoms with van der Waals surface area (Å²) in [6, 6.07) is 16.7. The zero-order chi connectivity index (χ0) is 17.0. The van der Waals surface area contributed by atoms with Gasteiger partial charge >= 0.3 is 0 Å². The van der Waals surface area contributed by atoms with Crippen LogP contribution in [0.4, 0.5) is 11.4 Å². The van der Waals surface area contributed by atoms with Gasteiger partial charge < -0.3 is 15.4 Å². The van der Waals surface area contributed by atoms with Gasteiger partial charge in [-0.25, -0.2) is 0 Å². The van der Waals surface area contributed by atoms with Crippen LogP contribution in [0.25, 0.3) is 0 Å². The lowest BCUT2D eigenvalue weighted by atomic mass is 10.2. The Balaban J connectivity index is 1.63. The molecule has 0 saturated carbocycles. The number of rotatable bonds is 11. The van der Waals surface area contributed by atoms with Crippen molar-refractivity contribution >= 4 is 11.4 Å². The minimum Gasteiger partial charge on any atom is -0.494 e. The molecule has 0 aromatic heterocycles. The summed E-state index contributed by atoms with van der Waals surface area (Å²) in [5.41, 5.74) is 3.57. The van der Waals surface area contributed by atoms with Gasteiger partial charge in [-0.05, 0) is 55.3 Å². The van der Waals surface area contributed by atoms with Crippen LogP contribution in [0.15, 0.2) is 48.5 Å². The van der Waals surface area contributed by atoms with E-state index in [1.54, 1.807) is 0 Å². The number of benzene rings is 2. The molecule has 0 bridgehead atoms. The van der Waals surface area contributed by atoms with Crippen molar-refractivity contribution in [2.24, 2.45) is 0 Å². The molecule has 0 atom stereocenters. The lowest BCUT2D eigenvalue weighted by Gasteiger charge is -2.10. The van der Waals surface area contributed by atoms with Gasteiger partial charge in [0.2, 0.25) is 0 Å². The number of nitrogens with one attached hydrogen (secondary N) is 2. The first-order valence-electron chi connectivity index (χ1n) is 9.05. The third kappa shape index (κ3) is 6.95. The average molecular weight is 326 g/mol. The molecule has 3 nitrogen and oxygen atoms in total. The molecule has 0 saturated heterocycles. The van der Waals surface area contributed by atoms with E-state index >= 15 is 0 Å². The minimum atomic E-state index is 0.813. The van der Waals surface area contributed by atoms with Crippen molar-refractivity contribution in [2.75, 3.05) is 30.3 Å². The molecule has 2 aromatic rings. The second kappa shape index (κ2) is 10.6. The first kappa shape index (κ1) is 18.2. The molecule has 0 aliphatic heterocycles. The fraction of sp³-hybridized carbons (Fsp3) is 0.429. The number of hydrogen-bond acceptors (Lipinski definition) is 3. The third-order valence-electron chi connectivity index (χ3n) is 3.92. The second-order valence-corrected chi connectivity index (χ2v) is 6.16. The Morgan fingerprint density at radius 2 is 1.58 bits per heavy atom. The standard InChI is InChI=1S/C21H30N2O/c1-3-4-5-6-16-24-21-12-10-19(11-13-21)22-14-15-23-20-9-7-8-18(2)17-20/h7-13,17,22-23H,3-6,14-16H2,1-2H3. The van der Waals surface area contributed by atoms with Gasteiger partial charge in [-0.3, -0.25) is 0 Å². The number of aryl methyl sites for hydroxylation is 1. The summed E-state index contributed by atoms with van der Waals surface area (Å²) in [5, 5.41) is 6.85. The molecule has 0 fully saturated rings. The van der Waals surface area contributed by atoms with Crippen LogP contribution in [0, 0.1) is 6.92 Å².